The summed E-state index contributed by atoms with van der Waals surface area (Å²) in [5.74, 6) is -5.42. The quantitative estimate of drug-likeness (QED) is 0.278. The molecule has 8 nitrogen and oxygen atoms in total. The van der Waals surface area contributed by atoms with Gasteiger partial charge in [-0.3, -0.25) is 24.0 Å². The first kappa shape index (κ1) is 29.8. The van der Waals surface area contributed by atoms with Crippen molar-refractivity contribution in [3.63, 3.8) is 0 Å². The van der Waals surface area contributed by atoms with Crippen molar-refractivity contribution in [1.29, 1.82) is 0 Å². The largest absolute Gasteiger partial charge is 0.481 e. The van der Waals surface area contributed by atoms with Crippen LogP contribution in [0.3, 0.4) is 0 Å². The number of halogens is 5. The number of amides is 1. The number of rotatable bonds is 8. The van der Waals surface area contributed by atoms with Crippen LogP contribution in [0.5, 0.6) is 0 Å². The number of carbonyl (C=O) groups is 3. The van der Waals surface area contributed by atoms with Crippen LogP contribution in [-0.4, -0.2) is 49.0 Å². The Morgan fingerprint density at radius 1 is 0.976 bits per heavy atom. The minimum Gasteiger partial charge on any atom is -0.481 e. The SMILES string of the molecule is Cc1cncc(C)c1C(=O)CN(Cc1cc(F)cc(F)c1)C(=O)c1cnn(C2CCC(C(=O)O)CC2)c1C(F)(F)F. The third-order valence-electron chi connectivity index (χ3n) is 7.21. The maximum atomic E-state index is 14.4. The van der Waals surface area contributed by atoms with Gasteiger partial charge in [0.25, 0.3) is 5.91 Å². The van der Waals surface area contributed by atoms with Gasteiger partial charge in [-0.25, -0.2) is 8.78 Å². The van der Waals surface area contributed by atoms with Crippen molar-refractivity contribution in [1.82, 2.24) is 19.7 Å². The molecule has 0 bridgehead atoms. The van der Waals surface area contributed by atoms with Crippen molar-refractivity contribution in [2.24, 2.45) is 5.92 Å². The molecule has 2 heterocycles. The number of alkyl halides is 3. The standard InChI is InChI=1S/C28H27F5N4O4/c1-15-10-34-11-16(2)24(15)23(38)14-36(13-17-7-19(29)9-20(30)8-17)26(39)22-12-35-37(25(22)28(31,32)33)21-5-3-18(4-6-21)27(40)41/h7-12,18,21H,3-6,13-14H2,1-2H3,(H,40,41). The van der Waals surface area contributed by atoms with Gasteiger partial charge in [0.1, 0.15) is 11.6 Å². The highest BCUT2D eigenvalue weighted by Crippen LogP contribution is 2.39. The van der Waals surface area contributed by atoms with Gasteiger partial charge in [0.15, 0.2) is 11.5 Å². The lowest BCUT2D eigenvalue weighted by Gasteiger charge is -2.28. The molecule has 4 rings (SSSR count). The highest BCUT2D eigenvalue weighted by atomic mass is 19.4. The molecular weight excluding hydrogens is 551 g/mol. The van der Waals surface area contributed by atoms with Crippen molar-refractivity contribution in [3.8, 4) is 0 Å². The molecule has 41 heavy (non-hydrogen) atoms. The van der Waals surface area contributed by atoms with Gasteiger partial charge in [-0.15, -0.1) is 0 Å². The van der Waals surface area contributed by atoms with Gasteiger partial charge in [-0.1, -0.05) is 0 Å². The Kier molecular flexibility index (Phi) is 8.55. The number of benzene rings is 1. The molecule has 2 aromatic heterocycles. The lowest BCUT2D eigenvalue weighted by molar-refractivity contribution is -0.147. The molecular formula is C28H27F5N4O4. The molecule has 1 N–H and O–H groups in total. The van der Waals surface area contributed by atoms with E-state index in [9.17, 15) is 41.4 Å². The Morgan fingerprint density at radius 2 is 1.56 bits per heavy atom. The van der Waals surface area contributed by atoms with Crippen LogP contribution < -0.4 is 0 Å². The summed E-state index contributed by atoms with van der Waals surface area (Å²) in [6.45, 7) is 1.99. The van der Waals surface area contributed by atoms with E-state index >= 15 is 0 Å². The number of hydrogen-bond donors (Lipinski definition) is 1. The molecule has 1 amide bonds. The number of aromatic nitrogens is 3. The highest BCUT2D eigenvalue weighted by Gasteiger charge is 2.43. The lowest BCUT2D eigenvalue weighted by Crippen LogP contribution is -2.37. The van der Waals surface area contributed by atoms with Crippen LogP contribution in [0.1, 0.15) is 74.8 Å². The fourth-order valence-electron chi connectivity index (χ4n) is 5.33. The number of aliphatic carboxylic acids is 1. The van der Waals surface area contributed by atoms with E-state index in [1.807, 2.05) is 0 Å². The average Bonchev–Trinajstić information content (AvgIpc) is 3.33. The van der Waals surface area contributed by atoms with Crippen molar-refractivity contribution < 1.29 is 41.4 Å². The zero-order chi connectivity index (χ0) is 30.1. The lowest BCUT2D eigenvalue weighted by atomic mass is 9.86. The molecule has 0 atom stereocenters. The van der Waals surface area contributed by atoms with Gasteiger partial charge in [-0.2, -0.15) is 18.3 Å². The van der Waals surface area contributed by atoms with Crippen molar-refractivity contribution in [2.75, 3.05) is 6.54 Å². The average molecular weight is 579 g/mol. The van der Waals surface area contributed by atoms with Crippen molar-refractivity contribution >= 4 is 17.7 Å². The molecule has 1 aromatic carbocycles. The van der Waals surface area contributed by atoms with Gasteiger partial charge < -0.3 is 10.0 Å². The van der Waals surface area contributed by atoms with E-state index in [1.165, 1.54) is 12.4 Å². The number of Topliss-reactive ketones (excluding diaryl/α,β-unsaturated/α-hetero) is 1. The summed E-state index contributed by atoms with van der Waals surface area (Å²) >= 11 is 0. The van der Waals surface area contributed by atoms with Crippen LogP contribution in [0.25, 0.3) is 0 Å². The van der Waals surface area contributed by atoms with Crippen LogP contribution in [-0.2, 0) is 17.5 Å². The van der Waals surface area contributed by atoms with E-state index in [1.54, 1.807) is 13.8 Å². The Hall–Kier alpha value is -4.16. The third kappa shape index (κ3) is 6.60. The first-order valence-corrected chi connectivity index (χ1v) is 12.8. The summed E-state index contributed by atoms with van der Waals surface area (Å²) in [7, 11) is 0. The number of carboxylic acids is 1. The molecule has 0 spiro atoms. The summed E-state index contributed by atoms with van der Waals surface area (Å²) in [4.78, 5) is 43.1. The molecule has 218 valence electrons. The second-order valence-corrected chi connectivity index (χ2v) is 10.2. The second kappa shape index (κ2) is 11.8. The fraction of sp³-hybridized carbons (Fsp3) is 0.393. The van der Waals surface area contributed by atoms with E-state index in [0.29, 0.717) is 21.9 Å². The van der Waals surface area contributed by atoms with E-state index < -0.39 is 71.8 Å². The number of carboxylic acid groups (broad SMARTS) is 1. The van der Waals surface area contributed by atoms with Crippen molar-refractivity contribution in [2.45, 2.75) is 58.3 Å². The first-order chi connectivity index (χ1) is 19.3. The van der Waals surface area contributed by atoms with Crippen molar-refractivity contribution in [3.05, 3.63) is 81.9 Å². The summed E-state index contributed by atoms with van der Waals surface area (Å²) in [5, 5.41) is 13.1. The van der Waals surface area contributed by atoms with Gasteiger partial charge in [0, 0.05) is 30.6 Å². The summed E-state index contributed by atoms with van der Waals surface area (Å²) in [5.41, 5.74) is -1.03. The maximum absolute atomic E-state index is 14.4. The normalized spacial score (nSPS) is 17.3. The number of hydrogen-bond acceptors (Lipinski definition) is 5. The summed E-state index contributed by atoms with van der Waals surface area (Å²) in [6, 6.07) is 1.66. The van der Waals surface area contributed by atoms with Crippen LogP contribution in [0.2, 0.25) is 0 Å². The van der Waals surface area contributed by atoms with Gasteiger partial charge in [-0.05, 0) is 68.4 Å². The van der Waals surface area contributed by atoms with Gasteiger partial charge >= 0.3 is 12.1 Å². The van der Waals surface area contributed by atoms with E-state index in [-0.39, 0.29) is 36.8 Å². The topological polar surface area (TPSA) is 105 Å². The Labute approximate surface area is 231 Å². The Morgan fingerprint density at radius 3 is 2.10 bits per heavy atom. The molecule has 0 aliphatic heterocycles. The molecule has 0 unspecified atom stereocenters. The maximum Gasteiger partial charge on any atom is 0.433 e. The van der Waals surface area contributed by atoms with E-state index in [2.05, 4.69) is 10.1 Å². The number of aryl methyl sites for hydroxylation is 2. The molecule has 1 aliphatic rings. The highest BCUT2D eigenvalue weighted by molar-refractivity contribution is 6.04. The van der Waals surface area contributed by atoms with Gasteiger partial charge in [0.2, 0.25) is 0 Å². The predicted octanol–water partition coefficient (Wildman–Crippen LogP) is 5.53. The number of nitrogens with zero attached hydrogens (tertiary/aromatic N) is 4. The number of carbonyl (C=O) groups excluding carboxylic acids is 2. The zero-order valence-electron chi connectivity index (χ0n) is 22.2. The zero-order valence-corrected chi connectivity index (χ0v) is 22.2. The molecule has 1 aliphatic carbocycles. The molecule has 13 heteroatoms. The summed E-state index contributed by atoms with van der Waals surface area (Å²) < 4.78 is 71.7. The molecule has 0 saturated heterocycles. The third-order valence-corrected chi connectivity index (χ3v) is 7.21. The second-order valence-electron chi connectivity index (χ2n) is 10.2. The Balaban J connectivity index is 1.73. The molecule has 1 fully saturated rings. The number of pyridine rings is 1. The van der Waals surface area contributed by atoms with Crippen LogP contribution >= 0.6 is 0 Å². The van der Waals surface area contributed by atoms with Crippen LogP contribution in [0.15, 0.2) is 36.8 Å². The fourth-order valence-corrected chi connectivity index (χ4v) is 5.33. The summed E-state index contributed by atoms with van der Waals surface area (Å²) in [6.07, 6.45) is -0.876. The van der Waals surface area contributed by atoms with E-state index in [4.69, 9.17) is 0 Å². The minimum atomic E-state index is -5.02. The number of ketones is 1. The smallest absolute Gasteiger partial charge is 0.433 e. The van der Waals surface area contributed by atoms with E-state index in [0.717, 1.165) is 23.2 Å². The first-order valence-electron chi connectivity index (χ1n) is 12.8. The molecule has 0 radical (unpaired) electrons. The minimum absolute atomic E-state index is 0.0697. The Bertz CT molecular complexity index is 1440. The molecule has 3 aromatic rings. The molecule has 1 saturated carbocycles. The monoisotopic (exact) mass is 578 g/mol. The van der Waals surface area contributed by atoms with Crippen LogP contribution in [0.4, 0.5) is 22.0 Å². The van der Waals surface area contributed by atoms with Crippen LogP contribution in [0, 0.1) is 31.4 Å². The predicted molar refractivity (Wildman–Crippen MR) is 135 cm³/mol. The van der Waals surface area contributed by atoms with Gasteiger partial charge in [0.05, 0.1) is 30.3 Å².